The number of hydrogen-bond donors (Lipinski definition) is 0. The van der Waals surface area contributed by atoms with Crippen LogP contribution in [0.5, 0.6) is 0 Å². The summed E-state index contributed by atoms with van der Waals surface area (Å²) in [5, 5.41) is 0. The first-order chi connectivity index (χ1) is 7.05. The van der Waals surface area contributed by atoms with E-state index in [4.69, 9.17) is 0 Å². The summed E-state index contributed by atoms with van der Waals surface area (Å²) in [5.74, 6) is 7.34. The van der Waals surface area contributed by atoms with Crippen molar-refractivity contribution in [3.8, 4) is 0 Å². The fourth-order valence-corrected chi connectivity index (χ4v) is 1.73. The van der Waals surface area contributed by atoms with E-state index in [1.165, 1.54) is 29.6 Å². The summed E-state index contributed by atoms with van der Waals surface area (Å²) >= 11 is 0. The van der Waals surface area contributed by atoms with E-state index in [1.807, 2.05) is 32.1 Å². The van der Waals surface area contributed by atoms with Crippen molar-refractivity contribution < 1.29 is 17.1 Å². The molecule has 2 aliphatic rings. The third kappa shape index (κ3) is 4.07. The molecule has 0 N–H and O–H groups in total. The molecule has 0 saturated heterocycles. The van der Waals surface area contributed by atoms with Crippen molar-refractivity contribution in [1.82, 2.24) is 0 Å². The summed E-state index contributed by atoms with van der Waals surface area (Å²) in [6.07, 6.45) is 10.0. The Morgan fingerprint density at radius 1 is 0.438 bits per heavy atom. The predicted molar refractivity (Wildman–Crippen MR) is 66.1 cm³/mol. The van der Waals surface area contributed by atoms with E-state index in [1.54, 1.807) is 0 Å². The van der Waals surface area contributed by atoms with Gasteiger partial charge in [0.2, 0.25) is 0 Å². The van der Waals surface area contributed by atoms with Crippen LogP contribution in [0, 0.1) is 61.7 Å². The van der Waals surface area contributed by atoms with E-state index in [2.05, 4.69) is 34.6 Å². The topological polar surface area (TPSA) is 0 Å². The first-order valence-electron chi connectivity index (χ1n) is 5.42. The van der Waals surface area contributed by atoms with Gasteiger partial charge in [-0.15, -0.1) is 0 Å². The minimum absolute atomic E-state index is 0. The SMILES string of the molecule is C[C]1[C](C)[C](C)[C](C)[C]1C.[CH]1[CH][CH][CH][CH]1.[Fe+2]. The molecule has 0 aromatic heterocycles. The molecule has 0 aliphatic heterocycles. The van der Waals surface area contributed by atoms with Crippen LogP contribution < -0.4 is 0 Å². The van der Waals surface area contributed by atoms with Gasteiger partial charge in [0.1, 0.15) is 0 Å². The zero-order chi connectivity index (χ0) is 11.4. The van der Waals surface area contributed by atoms with Gasteiger partial charge < -0.3 is 0 Å². The van der Waals surface area contributed by atoms with Crippen LogP contribution in [-0.4, -0.2) is 0 Å². The Balaban J connectivity index is 0.000000318. The zero-order valence-electron chi connectivity index (χ0n) is 10.7. The molecule has 0 atom stereocenters. The quantitative estimate of drug-likeness (QED) is 0.575. The van der Waals surface area contributed by atoms with Crippen molar-refractivity contribution in [2.24, 2.45) is 0 Å². The Morgan fingerprint density at radius 2 is 0.562 bits per heavy atom. The van der Waals surface area contributed by atoms with Crippen molar-refractivity contribution in [3.05, 3.63) is 61.7 Å². The Labute approximate surface area is 113 Å². The standard InChI is InChI=1S/C10H15.C5H5.Fe/c1-6-7(2)9(4)10(5)8(6)3;1-2-4-5-3-1;/h1-5H3;1-5H;/q;;+2. The molecule has 2 aliphatic carbocycles. The fourth-order valence-electron chi connectivity index (χ4n) is 1.73. The maximum Gasteiger partial charge on any atom is 2.00 e. The average molecular weight is 256 g/mol. The van der Waals surface area contributed by atoms with Crippen LogP contribution in [0.25, 0.3) is 0 Å². The van der Waals surface area contributed by atoms with Gasteiger partial charge in [0.05, 0.1) is 0 Å². The third-order valence-electron chi connectivity index (χ3n) is 3.37. The van der Waals surface area contributed by atoms with Gasteiger partial charge in [-0.2, -0.15) is 0 Å². The van der Waals surface area contributed by atoms with Gasteiger partial charge in [0, 0.05) is 0 Å². The van der Waals surface area contributed by atoms with Gasteiger partial charge >= 0.3 is 17.1 Å². The summed E-state index contributed by atoms with van der Waals surface area (Å²) in [4.78, 5) is 0. The Kier molecular flexibility index (Phi) is 8.02. The fraction of sp³-hybridized carbons (Fsp3) is 0.333. The van der Waals surface area contributed by atoms with Gasteiger partial charge in [-0.05, 0) is 61.7 Å². The molecule has 2 saturated carbocycles. The van der Waals surface area contributed by atoms with Crippen LogP contribution in [0.1, 0.15) is 34.6 Å². The molecule has 0 heterocycles. The molecule has 10 radical (unpaired) electrons. The molecule has 0 bridgehead atoms. The summed E-state index contributed by atoms with van der Waals surface area (Å²) in [7, 11) is 0. The normalized spacial score (nSPS) is 25.3. The number of rotatable bonds is 0. The second kappa shape index (κ2) is 7.77. The van der Waals surface area contributed by atoms with Gasteiger partial charge in [-0.25, -0.2) is 0 Å². The Hall–Kier alpha value is 0.519. The molecule has 86 valence electrons. The second-order valence-electron chi connectivity index (χ2n) is 4.09. The summed E-state index contributed by atoms with van der Waals surface area (Å²) < 4.78 is 0. The molecule has 16 heavy (non-hydrogen) atoms. The van der Waals surface area contributed by atoms with E-state index in [-0.39, 0.29) is 17.1 Å². The van der Waals surface area contributed by atoms with Crippen LogP contribution >= 0.6 is 0 Å². The molecule has 0 spiro atoms. The maximum atomic E-state index is 2.20. The van der Waals surface area contributed by atoms with Gasteiger partial charge in [0.15, 0.2) is 0 Å². The molecule has 0 aromatic rings. The monoisotopic (exact) mass is 256 g/mol. The molecule has 0 aromatic carbocycles. The van der Waals surface area contributed by atoms with Crippen LogP contribution in [0.15, 0.2) is 0 Å². The predicted octanol–water partition coefficient (Wildman–Crippen LogP) is 3.99. The second-order valence-corrected chi connectivity index (χ2v) is 4.09. The van der Waals surface area contributed by atoms with Gasteiger partial charge in [-0.1, -0.05) is 34.6 Å². The van der Waals surface area contributed by atoms with Crippen LogP contribution in [0.2, 0.25) is 0 Å². The molecule has 1 heteroatoms. The van der Waals surface area contributed by atoms with Gasteiger partial charge in [0.25, 0.3) is 0 Å². The molecule has 2 rings (SSSR count). The molecule has 0 unspecified atom stereocenters. The van der Waals surface area contributed by atoms with Crippen molar-refractivity contribution >= 4 is 0 Å². The molecular weight excluding hydrogens is 236 g/mol. The van der Waals surface area contributed by atoms with E-state index < -0.39 is 0 Å². The van der Waals surface area contributed by atoms with Gasteiger partial charge in [-0.3, -0.25) is 0 Å². The van der Waals surface area contributed by atoms with Crippen molar-refractivity contribution in [2.75, 3.05) is 0 Å². The zero-order valence-corrected chi connectivity index (χ0v) is 11.8. The summed E-state index contributed by atoms with van der Waals surface area (Å²) in [6.45, 7) is 11.0. The van der Waals surface area contributed by atoms with Crippen molar-refractivity contribution in [1.29, 1.82) is 0 Å². The molecular formula is C15H20Fe+2. The third-order valence-corrected chi connectivity index (χ3v) is 3.37. The minimum Gasteiger partial charge on any atom is -0.0579 e. The molecule has 2 fully saturated rings. The largest absolute Gasteiger partial charge is 2.00 e. The van der Waals surface area contributed by atoms with E-state index in [0.29, 0.717) is 0 Å². The Morgan fingerprint density at radius 3 is 0.688 bits per heavy atom. The maximum absolute atomic E-state index is 2.20. The molecule has 0 amide bonds. The van der Waals surface area contributed by atoms with Crippen molar-refractivity contribution in [2.45, 2.75) is 34.6 Å². The van der Waals surface area contributed by atoms with Crippen LogP contribution in [0.4, 0.5) is 0 Å². The average Bonchev–Trinajstić information content (AvgIpc) is 2.86. The smallest absolute Gasteiger partial charge is 0.0579 e. The first-order valence-corrected chi connectivity index (χ1v) is 5.42. The van der Waals surface area contributed by atoms with Crippen LogP contribution in [0.3, 0.4) is 0 Å². The first kappa shape index (κ1) is 16.5. The number of hydrogen-bond acceptors (Lipinski definition) is 0. The van der Waals surface area contributed by atoms with Crippen molar-refractivity contribution in [3.63, 3.8) is 0 Å². The van der Waals surface area contributed by atoms with E-state index in [9.17, 15) is 0 Å². The molecule has 0 nitrogen and oxygen atoms in total. The Bertz CT molecular complexity index is 122. The minimum atomic E-state index is 0. The summed E-state index contributed by atoms with van der Waals surface area (Å²) in [5.41, 5.74) is 0. The summed E-state index contributed by atoms with van der Waals surface area (Å²) in [6, 6.07) is 0. The van der Waals surface area contributed by atoms with E-state index >= 15 is 0 Å². The van der Waals surface area contributed by atoms with E-state index in [0.717, 1.165) is 0 Å². The van der Waals surface area contributed by atoms with Crippen LogP contribution in [-0.2, 0) is 17.1 Å².